The van der Waals surface area contributed by atoms with Crippen molar-refractivity contribution in [1.29, 1.82) is 0 Å². The zero-order valence-electron chi connectivity index (χ0n) is 11.1. The largest absolute Gasteiger partial charge is 0.492 e. The van der Waals surface area contributed by atoms with Crippen LogP contribution in [-0.4, -0.2) is 19.1 Å². The molecule has 0 unspecified atom stereocenters. The number of nitrogens with two attached hydrogens (primary N) is 1. The molecule has 0 radical (unpaired) electrons. The fourth-order valence-electron chi connectivity index (χ4n) is 1.68. The second-order valence-corrected chi connectivity index (χ2v) is 6.16. The third-order valence-corrected chi connectivity index (χ3v) is 3.58. The summed E-state index contributed by atoms with van der Waals surface area (Å²) in [6.45, 7) is 0.818. The molecule has 2 aromatic carbocycles. The summed E-state index contributed by atoms with van der Waals surface area (Å²) in [4.78, 5) is 12.0. The average Bonchev–Trinajstić information content (AvgIpc) is 2.44. The maximum Gasteiger partial charge on any atom is 0.251 e. The Balaban J connectivity index is 1.80. The normalized spacial score (nSPS) is 10.2. The molecule has 0 atom stereocenters. The van der Waals surface area contributed by atoms with Gasteiger partial charge < -0.3 is 15.8 Å². The minimum atomic E-state index is -0.141. The molecule has 0 aliphatic carbocycles. The van der Waals surface area contributed by atoms with Crippen LogP contribution in [0.4, 0.5) is 5.69 Å². The predicted molar refractivity (Wildman–Crippen MR) is 90.5 cm³/mol. The second-order valence-electron chi connectivity index (χ2n) is 4.33. The lowest BCUT2D eigenvalue weighted by Gasteiger charge is -2.08. The molecule has 2 rings (SSSR count). The van der Waals surface area contributed by atoms with Gasteiger partial charge in [0.2, 0.25) is 0 Å². The Labute approximate surface area is 139 Å². The van der Waals surface area contributed by atoms with Crippen LogP contribution in [0.15, 0.2) is 51.4 Å². The molecule has 0 fully saturated rings. The molecule has 0 aliphatic rings. The first-order valence-corrected chi connectivity index (χ1v) is 7.86. The van der Waals surface area contributed by atoms with Gasteiger partial charge in [0.25, 0.3) is 5.91 Å². The maximum atomic E-state index is 12.0. The molecule has 110 valence electrons. The van der Waals surface area contributed by atoms with Gasteiger partial charge in [-0.05, 0) is 42.5 Å². The van der Waals surface area contributed by atoms with Crippen LogP contribution in [0, 0.1) is 0 Å². The highest BCUT2D eigenvalue weighted by Gasteiger charge is 2.07. The van der Waals surface area contributed by atoms with Crippen molar-refractivity contribution in [2.45, 2.75) is 0 Å². The van der Waals surface area contributed by atoms with E-state index >= 15 is 0 Å². The van der Waals surface area contributed by atoms with Gasteiger partial charge in [-0.15, -0.1) is 0 Å². The Bertz CT molecular complexity index is 610. The minimum absolute atomic E-state index is 0.141. The maximum absolute atomic E-state index is 12.0. The van der Waals surface area contributed by atoms with E-state index in [9.17, 15) is 4.79 Å². The van der Waals surface area contributed by atoms with E-state index in [0.717, 1.165) is 14.7 Å². The van der Waals surface area contributed by atoms with E-state index in [1.54, 1.807) is 36.4 Å². The summed E-state index contributed by atoms with van der Waals surface area (Å²) < 4.78 is 7.20. The number of hydrogen-bond acceptors (Lipinski definition) is 3. The van der Waals surface area contributed by atoms with Crippen LogP contribution in [0.2, 0.25) is 0 Å². The number of rotatable bonds is 5. The molecule has 4 nitrogen and oxygen atoms in total. The first-order valence-electron chi connectivity index (χ1n) is 6.27. The van der Waals surface area contributed by atoms with E-state index in [-0.39, 0.29) is 5.91 Å². The predicted octanol–water partition coefficient (Wildman–Crippen LogP) is 3.60. The molecular weight excluding hydrogens is 400 g/mol. The van der Waals surface area contributed by atoms with Crippen LogP contribution in [-0.2, 0) is 0 Å². The Morgan fingerprint density at radius 2 is 1.71 bits per heavy atom. The molecule has 0 aliphatic heterocycles. The molecular formula is C15H14Br2N2O2. The Hall–Kier alpha value is -1.53. The Morgan fingerprint density at radius 3 is 2.33 bits per heavy atom. The zero-order chi connectivity index (χ0) is 15.2. The van der Waals surface area contributed by atoms with Crippen molar-refractivity contribution in [3.63, 3.8) is 0 Å². The molecule has 0 aromatic heterocycles. The average molecular weight is 414 g/mol. The molecule has 0 heterocycles. The highest BCUT2D eigenvalue weighted by molar-refractivity contribution is 9.11. The molecule has 0 spiro atoms. The molecule has 3 N–H and O–H groups in total. The van der Waals surface area contributed by atoms with Gasteiger partial charge >= 0.3 is 0 Å². The van der Waals surface area contributed by atoms with Gasteiger partial charge in [0.15, 0.2) is 0 Å². The summed E-state index contributed by atoms with van der Waals surface area (Å²) in [6.07, 6.45) is 0. The third kappa shape index (κ3) is 5.06. The van der Waals surface area contributed by atoms with Crippen LogP contribution in [0.5, 0.6) is 5.75 Å². The number of nitrogen functional groups attached to an aromatic ring is 1. The lowest BCUT2D eigenvalue weighted by molar-refractivity contribution is 0.0947. The number of carbonyl (C=O) groups is 1. The van der Waals surface area contributed by atoms with E-state index in [0.29, 0.717) is 24.4 Å². The summed E-state index contributed by atoms with van der Waals surface area (Å²) >= 11 is 6.71. The first kappa shape index (κ1) is 15.9. The number of nitrogens with one attached hydrogen (secondary N) is 1. The van der Waals surface area contributed by atoms with Gasteiger partial charge in [0.05, 0.1) is 6.54 Å². The van der Waals surface area contributed by atoms with Crippen LogP contribution in [0.1, 0.15) is 10.4 Å². The minimum Gasteiger partial charge on any atom is -0.492 e. The Morgan fingerprint density at radius 1 is 1.10 bits per heavy atom. The fourth-order valence-corrected chi connectivity index (χ4v) is 2.98. The zero-order valence-corrected chi connectivity index (χ0v) is 14.3. The van der Waals surface area contributed by atoms with Crippen molar-refractivity contribution < 1.29 is 9.53 Å². The van der Waals surface area contributed by atoms with Gasteiger partial charge in [0, 0.05) is 20.2 Å². The fraction of sp³-hybridized carbons (Fsp3) is 0.133. The second kappa shape index (κ2) is 7.47. The van der Waals surface area contributed by atoms with Gasteiger partial charge in [0.1, 0.15) is 12.4 Å². The van der Waals surface area contributed by atoms with Crippen molar-refractivity contribution in [3.05, 3.63) is 57.0 Å². The summed E-state index contributed by atoms with van der Waals surface area (Å²) in [5, 5.41) is 2.80. The van der Waals surface area contributed by atoms with Gasteiger partial charge in [-0.3, -0.25) is 4.79 Å². The van der Waals surface area contributed by atoms with Gasteiger partial charge in [-0.1, -0.05) is 31.9 Å². The van der Waals surface area contributed by atoms with Crippen molar-refractivity contribution in [1.82, 2.24) is 5.32 Å². The molecule has 0 saturated carbocycles. The van der Waals surface area contributed by atoms with E-state index < -0.39 is 0 Å². The number of hydrogen-bond donors (Lipinski definition) is 2. The Kier molecular flexibility index (Phi) is 5.64. The van der Waals surface area contributed by atoms with Crippen LogP contribution in [0.3, 0.4) is 0 Å². The molecule has 0 bridgehead atoms. The topological polar surface area (TPSA) is 64.3 Å². The monoisotopic (exact) mass is 412 g/mol. The van der Waals surface area contributed by atoms with Crippen LogP contribution >= 0.6 is 31.9 Å². The summed E-state index contributed by atoms with van der Waals surface area (Å²) in [5.74, 6) is 0.585. The summed E-state index contributed by atoms with van der Waals surface area (Å²) in [6, 6.07) is 12.5. The molecule has 0 saturated heterocycles. The standard InChI is InChI=1S/C15H14Br2N2O2/c16-11-7-10(8-12(17)9-11)15(20)19-5-6-21-14-3-1-13(18)2-4-14/h1-4,7-9H,5-6,18H2,(H,19,20). The number of amides is 1. The lowest BCUT2D eigenvalue weighted by atomic mass is 10.2. The number of carbonyl (C=O) groups excluding carboxylic acids is 1. The molecule has 1 amide bonds. The summed E-state index contributed by atoms with van der Waals surface area (Å²) in [7, 11) is 0. The molecule has 2 aromatic rings. The summed E-state index contributed by atoms with van der Waals surface area (Å²) in [5.41, 5.74) is 6.87. The number of ether oxygens (including phenoxy) is 1. The van der Waals surface area contributed by atoms with Gasteiger partial charge in [-0.25, -0.2) is 0 Å². The van der Waals surface area contributed by atoms with Crippen LogP contribution < -0.4 is 15.8 Å². The van der Waals surface area contributed by atoms with Crippen molar-refractivity contribution in [3.8, 4) is 5.75 Å². The third-order valence-electron chi connectivity index (χ3n) is 2.66. The van der Waals surface area contributed by atoms with Crippen LogP contribution in [0.25, 0.3) is 0 Å². The molecule has 21 heavy (non-hydrogen) atoms. The highest BCUT2D eigenvalue weighted by atomic mass is 79.9. The van der Waals surface area contributed by atoms with E-state index in [2.05, 4.69) is 37.2 Å². The number of benzene rings is 2. The SMILES string of the molecule is Nc1ccc(OCCNC(=O)c2cc(Br)cc(Br)c2)cc1. The van der Waals surface area contributed by atoms with E-state index in [4.69, 9.17) is 10.5 Å². The van der Waals surface area contributed by atoms with Crippen molar-refractivity contribution >= 4 is 43.5 Å². The van der Waals surface area contributed by atoms with E-state index in [1.807, 2.05) is 6.07 Å². The highest BCUT2D eigenvalue weighted by Crippen LogP contribution is 2.20. The number of halogens is 2. The van der Waals surface area contributed by atoms with Gasteiger partial charge in [-0.2, -0.15) is 0 Å². The molecule has 6 heteroatoms. The smallest absolute Gasteiger partial charge is 0.251 e. The number of anilines is 1. The first-order chi connectivity index (χ1) is 10.0. The van der Waals surface area contributed by atoms with E-state index in [1.165, 1.54) is 0 Å². The quantitative estimate of drug-likeness (QED) is 0.581. The van der Waals surface area contributed by atoms with Crippen molar-refractivity contribution in [2.75, 3.05) is 18.9 Å². The van der Waals surface area contributed by atoms with Crippen molar-refractivity contribution in [2.24, 2.45) is 0 Å². The lowest BCUT2D eigenvalue weighted by Crippen LogP contribution is -2.28.